The van der Waals surface area contributed by atoms with Crippen molar-refractivity contribution in [3.05, 3.63) is 65.2 Å². The van der Waals surface area contributed by atoms with Gasteiger partial charge in [0.25, 0.3) is 0 Å². The van der Waals surface area contributed by atoms with Gasteiger partial charge in [-0.15, -0.1) is 0 Å². The maximum absolute atomic E-state index is 12.0. The van der Waals surface area contributed by atoms with Crippen LogP contribution in [0.15, 0.2) is 48.5 Å². The fourth-order valence-corrected chi connectivity index (χ4v) is 3.32. The number of ether oxygens (including phenoxy) is 1. The van der Waals surface area contributed by atoms with Crippen molar-refractivity contribution in [2.24, 2.45) is 0 Å². The highest BCUT2D eigenvalue weighted by atomic mass is 16.5. The molecule has 0 spiro atoms. The Morgan fingerprint density at radius 3 is 2.12 bits per heavy atom. The predicted octanol–water partition coefficient (Wildman–Crippen LogP) is 3.14. The lowest BCUT2D eigenvalue weighted by atomic mass is 9.98. The monoisotopic (exact) mass is 469 g/mol. The van der Waals surface area contributed by atoms with Crippen LogP contribution in [0.3, 0.4) is 0 Å². The van der Waals surface area contributed by atoms with Crippen molar-refractivity contribution in [2.75, 3.05) is 25.6 Å². The molecule has 0 radical (unpaired) electrons. The zero-order valence-electron chi connectivity index (χ0n) is 19.3. The molecule has 182 valence electrons. The molecule has 0 unspecified atom stereocenters. The molecule has 2 aromatic carbocycles. The van der Waals surface area contributed by atoms with Crippen molar-refractivity contribution in [1.82, 2.24) is 10.6 Å². The van der Waals surface area contributed by atoms with Crippen LogP contribution in [0.2, 0.25) is 0 Å². The second-order valence-electron chi connectivity index (χ2n) is 7.69. The topological polar surface area (TPSA) is 134 Å². The number of carboxylic acid groups (broad SMARTS) is 1. The smallest absolute Gasteiger partial charge is 0.335 e. The summed E-state index contributed by atoms with van der Waals surface area (Å²) in [6.45, 7) is 0.347. The van der Waals surface area contributed by atoms with Gasteiger partial charge in [0.1, 0.15) is 6.61 Å². The highest BCUT2D eigenvalue weighted by Crippen LogP contribution is 2.15. The van der Waals surface area contributed by atoms with E-state index in [2.05, 4.69) is 28.1 Å². The van der Waals surface area contributed by atoms with Crippen LogP contribution >= 0.6 is 0 Å². The van der Waals surface area contributed by atoms with Gasteiger partial charge in [0.15, 0.2) is 0 Å². The number of aromatic carboxylic acids is 1. The van der Waals surface area contributed by atoms with Crippen LogP contribution in [0, 0.1) is 0 Å². The molecule has 0 aliphatic heterocycles. The number of hydrogen-bond acceptors (Lipinski definition) is 5. The molecule has 0 atom stereocenters. The summed E-state index contributed by atoms with van der Waals surface area (Å²) in [7, 11) is 1.46. The van der Waals surface area contributed by atoms with Crippen LogP contribution in [-0.4, -0.2) is 49.2 Å². The third kappa shape index (κ3) is 9.83. The van der Waals surface area contributed by atoms with Crippen molar-refractivity contribution in [2.45, 2.75) is 38.5 Å². The number of anilines is 1. The molecule has 0 saturated heterocycles. The molecule has 0 heterocycles. The number of amides is 4. The van der Waals surface area contributed by atoms with Gasteiger partial charge in [-0.25, -0.2) is 9.59 Å². The summed E-state index contributed by atoms with van der Waals surface area (Å²) in [4.78, 5) is 45.6. The molecule has 9 nitrogen and oxygen atoms in total. The van der Waals surface area contributed by atoms with E-state index in [9.17, 15) is 19.2 Å². The molecule has 4 amide bonds. The lowest BCUT2D eigenvalue weighted by Crippen LogP contribution is -2.37. The second kappa shape index (κ2) is 14.4. The Morgan fingerprint density at radius 2 is 1.50 bits per heavy atom. The maximum atomic E-state index is 12.0. The first-order valence-corrected chi connectivity index (χ1v) is 11.2. The van der Waals surface area contributed by atoms with Crippen LogP contribution in [0.4, 0.5) is 10.5 Å². The Labute approximate surface area is 198 Å². The van der Waals surface area contributed by atoms with E-state index in [4.69, 9.17) is 9.84 Å². The van der Waals surface area contributed by atoms with Gasteiger partial charge in [-0.1, -0.05) is 24.3 Å². The van der Waals surface area contributed by atoms with Gasteiger partial charge in [-0.3, -0.25) is 14.9 Å². The number of rotatable bonds is 13. The van der Waals surface area contributed by atoms with E-state index in [1.165, 1.54) is 42.4 Å². The van der Waals surface area contributed by atoms with E-state index in [1.54, 1.807) is 0 Å². The summed E-state index contributed by atoms with van der Waals surface area (Å²) in [6, 6.07) is 13.5. The van der Waals surface area contributed by atoms with Crippen LogP contribution in [0.5, 0.6) is 0 Å². The molecule has 4 N–H and O–H groups in total. The number of unbranched alkanes of at least 4 members (excludes halogenated alkanes) is 1. The Kier molecular flexibility index (Phi) is 11.3. The van der Waals surface area contributed by atoms with Crippen LogP contribution in [0.1, 0.15) is 47.2 Å². The quantitative estimate of drug-likeness (QED) is 0.333. The molecular formula is C25H31N3O6. The van der Waals surface area contributed by atoms with Gasteiger partial charge in [-0.05, 0) is 67.5 Å². The van der Waals surface area contributed by atoms with Gasteiger partial charge in [0.2, 0.25) is 11.8 Å². The molecule has 0 fully saturated rings. The zero-order valence-corrected chi connectivity index (χ0v) is 19.3. The SMILES string of the molecule is CNC(=O)NC(=O)CCCCc1ccccc1CCCOCC(=O)Nc1ccc(C(=O)O)cc1. The first-order valence-electron chi connectivity index (χ1n) is 11.2. The Bertz CT molecular complexity index is 975. The minimum Gasteiger partial charge on any atom is -0.478 e. The van der Waals surface area contributed by atoms with Crippen LogP contribution in [0.25, 0.3) is 0 Å². The summed E-state index contributed by atoms with van der Waals surface area (Å²) < 4.78 is 5.47. The number of urea groups is 1. The van der Waals surface area contributed by atoms with Crippen molar-refractivity contribution < 1.29 is 29.0 Å². The molecule has 2 aromatic rings. The number of imide groups is 1. The third-order valence-electron chi connectivity index (χ3n) is 5.08. The van der Waals surface area contributed by atoms with Gasteiger partial charge >= 0.3 is 12.0 Å². The first-order chi connectivity index (χ1) is 16.4. The van der Waals surface area contributed by atoms with Gasteiger partial charge in [-0.2, -0.15) is 0 Å². The molecule has 0 aromatic heterocycles. The highest BCUT2D eigenvalue weighted by molar-refractivity contribution is 5.94. The summed E-state index contributed by atoms with van der Waals surface area (Å²) in [5, 5.41) is 16.2. The van der Waals surface area contributed by atoms with E-state index in [1.807, 2.05) is 12.1 Å². The fourth-order valence-electron chi connectivity index (χ4n) is 3.32. The molecule has 9 heteroatoms. The predicted molar refractivity (Wildman–Crippen MR) is 128 cm³/mol. The number of carboxylic acids is 1. The largest absolute Gasteiger partial charge is 0.478 e. The number of hydrogen-bond donors (Lipinski definition) is 4. The van der Waals surface area contributed by atoms with Crippen molar-refractivity contribution in [3.8, 4) is 0 Å². The van der Waals surface area contributed by atoms with Gasteiger partial charge < -0.3 is 20.5 Å². The average molecular weight is 470 g/mol. The van der Waals surface area contributed by atoms with Crippen LogP contribution in [-0.2, 0) is 27.2 Å². The highest BCUT2D eigenvalue weighted by Gasteiger charge is 2.08. The average Bonchev–Trinajstić information content (AvgIpc) is 2.82. The summed E-state index contributed by atoms with van der Waals surface area (Å²) >= 11 is 0. The Balaban J connectivity index is 1.65. The summed E-state index contributed by atoms with van der Waals surface area (Å²) in [5.41, 5.74) is 3.10. The van der Waals surface area contributed by atoms with Crippen LogP contribution < -0.4 is 16.0 Å². The second-order valence-corrected chi connectivity index (χ2v) is 7.69. The van der Waals surface area contributed by atoms with E-state index in [0.717, 1.165) is 25.7 Å². The lowest BCUT2D eigenvalue weighted by Gasteiger charge is -2.10. The van der Waals surface area contributed by atoms with Gasteiger partial charge in [0, 0.05) is 25.8 Å². The zero-order chi connectivity index (χ0) is 24.8. The first kappa shape index (κ1) is 26.5. The van der Waals surface area contributed by atoms with Gasteiger partial charge in [0.05, 0.1) is 5.56 Å². The third-order valence-corrected chi connectivity index (χ3v) is 5.08. The molecule has 0 bridgehead atoms. The van der Waals surface area contributed by atoms with Crippen molar-refractivity contribution in [3.63, 3.8) is 0 Å². The molecular weight excluding hydrogens is 438 g/mol. The van der Waals surface area contributed by atoms with E-state index >= 15 is 0 Å². The Morgan fingerprint density at radius 1 is 0.853 bits per heavy atom. The van der Waals surface area contributed by atoms with E-state index in [0.29, 0.717) is 25.1 Å². The summed E-state index contributed by atoms with van der Waals surface area (Å²) in [5.74, 6) is -1.61. The summed E-state index contributed by atoms with van der Waals surface area (Å²) in [6.07, 6.45) is 4.23. The van der Waals surface area contributed by atoms with E-state index in [-0.39, 0.29) is 24.0 Å². The maximum Gasteiger partial charge on any atom is 0.335 e. The van der Waals surface area contributed by atoms with Crippen molar-refractivity contribution >= 4 is 29.5 Å². The fraction of sp³-hybridized carbons (Fsp3) is 0.360. The number of carbonyl (C=O) groups is 4. The number of aryl methyl sites for hydroxylation is 2. The minimum absolute atomic E-state index is 0.0829. The molecule has 0 aliphatic carbocycles. The number of carbonyl (C=O) groups excluding carboxylic acids is 3. The molecule has 0 saturated carbocycles. The molecule has 34 heavy (non-hydrogen) atoms. The standard InChI is InChI=1S/C25H31N3O6/c1-26-25(33)28-22(29)11-5-4-9-18-7-2-3-8-19(18)10-6-16-34-17-23(30)27-21-14-12-20(13-15-21)24(31)32/h2-3,7-8,12-15H,4-6,9-11,16-17H2,1H3,(H,27,30)(H,31,32)(H2,26,28,29,33). The lowest BCUT2D eigenvalue weighted by molar-refractivity contribution is -0.121. The van der Waals surface area contributed by atoms with E-state index < -0.39 is 12.0 Å². The Hall–Kier alpha value is -3.72. The van der Waals surface area contributed by atoms with Crippen molar-refractivity contribution in [1.29, 1.82) is 0 Å². The molecule has 0 aliphatic rings. The normalized spacial score (nSPS) is 10.4. The number of benzene rings is 2. The number of nitrogens with one attached hydrogen (secondary N) is 3. The molecule has 2 rings (SSSR count). The minimum atomic E-state index is -1.02.